The van der Waals surface area contributed by atoms with E-state index in [9.17, 15) is 0 Å². The topological polar surface area (TPSA) is 55.1 Å². The molecule has 1 aromatic carbocycles. The zero-order valence-corrected chi connectivity index (χ0v) is 11.9. The quantitative estimate of drug-likeness (QED) is 0.790. The lowest BCUT2D eigenvalue weighted by atomic mass is 10.0. The van der Waals surface area contributed by atoms with E-state index >= 15 is 0 Å². The maximum atomic E-state index is 4.65. The van der Waals surface area contributed by atoms with Crippen LogP contribution in [0.2, 0.25) is 0 Å². The molecule has 2 aromatic heterocycles. The summed E-state index contributed by atoms with van der Waals surface area (Å²) in [5.74, 6) is 0.813. The Bertz CT molecular complexity index is 760. The normalized spacial score (nSPS) is 11.2. The van der Waals surface area contributed by atoms with E-state index in [1.807, 2.05) is 19.2 Å². The molecule has 0 amide bonds. The van der Waals surface area contributed by atoms with Gasteiger partial charge in [0.15, 0.2) is 11.5 Å². The SMILES string of the molecule is CNCc1nnc2ccc(-c3ccc(C)c(C)c3)nn12. The number of hydrogen-bond donors (Lipinski definition) is 1. The summed E-state index contributed by atoms with van der Waals surface area (Å²) in [6.45, 7) is 4.87. The molecule has 0 bridgehead atoms. The third-order valence-electron chi connectivity index (χ3n) is 3.46. The van der Waals surface area contributed by atoms with Crippen molar-refractivity contribution in [1.82, 2.24) is 25.1 Å². The molecule has 0 saturated heterocycles. The highest BCUT2D eigenvalue weighted by Crippen LogP contribution is 2.20. The minimum atomic E-state index is 0.643. The fraction of sp³-hybridized carbons (Fsp3) is 0.267. The number of aromatic nitrogens is 4. The van der Waals surface area contributed by atoms with Crippen LogP contribution in [0.25, 0.3) is 16.9 Å². The van der Waals surface area contributed by atoms with E-state index in [4.69, 9.17) is 0 Å². The van der Waals surface area contributed by atoms with Gasteiger partial charge in [-0.2, -0.15) is 9.61 Å². The van der Waals surface area contributed by atoms with Crippen LogP contribution in [0.5, 0.6) is 0 Å². The Kier molecular flexibility index (Phi) is 3.20. The van der Waals surface area contributed by atoms with Crippen molar-refractivity contribution in [2.24, 2.45) is 0 Å². The van der Waals surface area contributed by atoms with Crippen LogP contribution in [-0.2, 0) is 6.54 Å². The van der Waals surface area contributed by atoms with Crippen molar-refractivity contribution in [2.45, 2.75) is 20.4 Å². The fourth-order valence-electron chi connectivity index (χ4n) is 2.16. The van der Waals surface area contributed by atoms with Crippen LogP contribution in [0.15, 0.2) is 30.3 Å². The lowest BCUT2D eigenvalue weighted by Crippen LogP contribution is -2.10. The number of fused-ring (bicyclic) bond motifs is 1. The van der Waals surface area contributed by atoms with Gasteiger partial charge in [0.25, 0.3) is 0 Å². The predicted molar refractivity (Wildman–Crippen MR) is 78.5 cm³/mol. The number of benzene rings is 1. The number of aryl methyl sites for hydroxylation is 2. The monoisotopic (exact) mass is 267 g/mol. The zero-order valence-electron chi connectivity index (χ0n) is 11.9. The highest BCUT2D eigenvalue weighted by atomic mass is 15.4. The summed E-state index contributed by atoms with van der Waals surface area (Å²) >= 11 is 0. The third-order valence-corrected chi connectivity index (χ3v) is 3.46. The molecular weight excluding hydrogens is 250 g/mol. The molecule has 20 heavy (non-hydrogen) atoms. The molecule has 0 unspecified atom stereocenters. The van der Waals surface area contributed by atoms with Crippen molar-refractivity contribution >= 4 is 5.65 Å². The number of rotatable bonds is 3. The first-order chi connectivity index (χ1) is 9.69. The van der Waals surface area contributed by atoms with Crippen molar-refractivity contribution in [3.63, 3.8) is 0 Å². The highest BCUT2D eigenvalue weighted by molar-refractivity contribution is 5.61. The average Bonchev–Trinajstić information content (AvgIpc) is 2.85. The summed E-state index contributed by atoms with van der Waals surface area (Å²) in [7, 11) is 1.88. The van der Waals surface area contributed by atoms with Crippen LogP contribution in [-0.4, -0.2) is 26.9 Å². The summed E-state index contributed by atoms with van der Waals surface area (Å²) in [6.07, 6.45) is 0. The molecule has 5 heteroatoms. The highest BCUT2D eigenvalue weighted by Gasteiger charge is 2.08. The maximum Gasteiger partial charge on any atom is 0.177 e. The largest absolute Gasteiger partial charge is 0.313 e. The predicted octanol–water partition coefficient (Wildman–Crippen LogP) is 2.13. The molecule has 102 valence electrons. The van der Waals surface area contributed by atoms with Crippen LogP contribution < -0.4 is 5.32 Å². The maximum absolute atomic E-state index is 4.65. The van der Waals surface area contributed by atoms with Gasteiger partial charge in [-0.25, -0.2) is 0 Å². The van der Waals surface area contributed by atoms with E-state index in [-0.39, 0.29) is 0 Å². The molecule has 0 spiro atoms. The first-order valence-electron chi connectivity index (χ1n) is 6.62. The number of nitrogens with one attached hydrogen (secondary N) is 1. The molecule has 2 heterocycles. The molecule has 5 nitrogen and oxygen atoms in total. The van der Waals surface area contributed by atoms with Gasteiger partial charge in [-0.1, -0.05) is 12.1 Å². The van der Waals surface area contributed by atoms with Gasteiger partial charge in [0.2, 0.25) is 0 Å². The Morgan fingerprint density at radius 1 is 1.05 bits per heavy atom. The lowest BCUT2D eigenvalue weighted by Gasteiger charge is -2.06. The summed E-state index contributed by atoms with van der Waals surface area (Å²) < 4.78 is 1.79. The van der Waals surface area contributed by atoms with Gasteiger partial charge in [0, 0.05) is 5.56 Å². The fourth-order valence-corrected chi connectivity index (χ4v) is 2.16. The summed E-state index contributed by atoms with van der Waals surface area (Å²) in [4.78, 5) is 0. The Morgan fingerprint density at radius 2 is 1.90 bits per heavy atom. The van der Waals surface area contributed by atoms with Gasteiger partial charge in [0.1, 0.15) is 0 Å². The second-order valence-corrected chi connectivity index (χ2v) is 4.93. The molecule has 0 aliphatic rings. The second kappa shape index (κ2) is 5.02. The van der Waals surface area contributed by atoms with Crippen molar-refractivity contribution < 1.29 is 0 Å². The summed E-state index contributed by atoms with van der Waals surface area (Å²) in [5, 5.41) is 16.0. The van der Waals surface area contributed by atoms with Gasteiger partial charge in [0.05, 0.1) is 12.2 Å². The molecule has 3 aromatic rings. The van der Waals surface area contributed by atoms with Crippen molar-refractivity contribution in [3.8, 4) is 11.3 Å². The molecular formula is C15H17N5. The van der Waals surface area contributed by atoms with Gasteiger partial charge in [-0.3, -0.25) is 0 Å². The van der Waals surface area contributed by atoms with Crippen LogP contribution in [0.1, 0.15) is 17.0 Å². The zero-order chi connectivity index (χ0) is 14.1. The van der Waals surface area contributed by atoms with E-state index in [0.717, 1.165) is 22.7 Å². The van der Waals surface area contributed by atoms with E-state index in [0.29, 0.717) is 6.54 Å². The Balaban J connectivity index is 2.11. The first-order valence-corrected chi connectivity index (χ1v) is 6.62. The summed E-state index contributed by atoms with van der Waals surface area (Å²) in [6, 6.07) is 10.3. The van der Waals surface area contributed by atoms with Gasteiger partial charge < -0.3 is 5.32 Å². The van der Waals surface area contributed by atoms with Crippen molar-refractivity contribution in [3.05, 3.63) is 47.3 Å². The standard InChI is InChI=1S/C15H17N5/c1-10-4-5-12(8-11(10)2)13-6-7-14-17-18-15(9-16-3)20(14)19-13/h4-8,16H,9H2,1-3H3. The molecule has 0 saturated carbocycles. The van der Waals surface area contributed by atoms with Crippen LogP contribution in [0.4, 0.5) is 0 Å². The second-order valence-electron chi connectivity index (χ2n) is 4.93. The van der Waals surface area contributed by atoms with E-state index < -0.39 is 0 Å². The van der Waals surface area contributed by atoms with Crippen molar-refractivity contribution in [1.29, 1.82) is 0 Å². The average molecular weight is 267 g/mol. The summed E-state index contributed by atoms with van der Waals surface area (Å²) in [5.41, 5.74) is 5.36. The molecule has 0 radical (unpaired) electrons. The molecule has 3 rings (SSSR count). The van der Waals surface area contributed by atoms with Crippen LogP contribution in [0, 0.1) is 13.8 Å². The smallest absolute Gasteiger partial charge is 0.177 e. The molecule has 0 aliphatic carbocycles. The van der Waals surface area contributed by atoms with Gasteiger partial charge >= 0.3 is 0 Å². The minimum Gasteiger partial charge on any atom is -0.313 e. The Labute approximate surface area is 117 Å². The minimum absolute atomic E-state index is 0.643. The lowest BCUT2D eigenvalue weighted by molar-refractivity contribution is 0.719. The van der Waals surface area contributed by atoms with Crippen molar-refractivity contribution in [2.75, 3.05) is 7.05 Å². The van der Waals surface area contributed by atoms with Gasteiger partial charge in [-0.15, -0.1) is 10.2 Å². The Hall–Kier alpha value is -2.27. The molecule has 0 fully saturated rings. The molecule has 1 N–H and O–H groups in total. The van der Waals surface area contributed by atoms with E-state index in [1.54, 1.807) is 4.52 Å². The van der Waals surface area contributed by atoms with E-state index in [2.05, 4.69) is 52.7 Å². The number of hydrogen-bond acceptors (Lipinski definition) is 4. The van der Waals surface area contributed by atoms with Crippen LogP contribution >= 0.6 is 0 Å². The third kappa shape index (κ3) is 2.16. The van der Waals surface area contributed by atoms with E-state index in [1.165, 1.54) is 11.1 Å². The van der Waals surface area contributed by atoms with Gasteiger partial charge in [-0.05, 0) is 50.2 Å². The van der Waals surface area contributed by atoms with Crippen LogP contribution in [0.3, 0.4) is 0 Å². The molecule has 0 aliphatic heterocycles. The number of nitrogens with zero attached hydrogens (tertiary/aromatic N) is 4. The molecule has 0 atom stereocenters. The Morgan fingerprint density at radius 3 is 2.65 bits per heavy atom. The first kappa shape index (κ1) is 12.7.